The van der Waals surface area contributed by atoms with Gasteiger partial charge < -0.3 is 19.5 Å². The highest BCUT2D eigenvalue weighted by atomic mass is 79.9. The molecule has 0 saturated carbocycles. The highest BCUT2D eigenvalue weighted by molar-refractivity contribution is 9.10. The number of benzene rings is 2. The first-order valence-corrected chi connectivity index (χ1v) is 8.93. The van der Waals surface area contributed by atoms with Crippen molar-refractivity contribution in [3.63, 3.8) is 0 Å². The van der Waals surface area contributed by atoms with Gasteiger partial charge in [0.15, 0.2) is 6.61 Å². The van der Waals surface area contributed by atoms with Crippen molar-refractivity contribution in [3.05, 3.63) is 53.0 Å². The molecule has 0 bridgehead atoms. The predicted octanol–water partition coefficient (Wildman–Crippen LogP) is 3.80. The number of carbonyl (C=O) groups excluding carboxylic acids is 2. The molecule has 1 N–H and O–H groups in total. The summed E-state index contributed by atoms with van der Waals surface area (Å²) in [6.07, 6.45) is 0.0530. The number of halogens is 1. The third kappa shape index (κ3) is 7.14. The van der Waals surface area contributed by atoms with Crippen LogP contribution in [0.25, 0.3) is 0 Å². The van der Waals surface area contributed by atoms with Gasteiger partial charge in [-0.05, 0) is 49.4 Å². The average molecular weight is 422 g/mol. The van der Waals surface area contributed by atoms with Crippen molar-refractivity contribution >= 4 is 33.5 Å². The number of hydrogen-bond donors (Lipinski definition) is 1. The van der Waals surface area contributed by atoms with Crippen LogP contribution in [0.5, 0.6) is 11.5 Å². The maximum absolute atomic E-state index is 11.8. The summed E-state index contributed by atoms with van der Waals surface area (Å²) in [7, 11) is 0. The summed E-state index contributed by atoms with van der Waals surface area (Å²) >= 11 is 3.32. The molecule has 0 spiro atoms. The molecule has 0 atom stereocenters. The molecule has 2 aromatic rings. The summed E-state index contributed by atoms with van der Waals surface area (Å²) in [6, 6.07) is 14.3. The molecule has 138 valence electrons. The van der Waals surface area contributed by atoms with E-state index in [1.165, 1.54) is 0 Å². The van der Waals surface area contributed by atoms with Crippen LogP contribution in [0.1, 0.15) is 13.3 Å². The average Bonchev–Trinajstić information content (AvgIpc) is 2.62. The van der Waals surface area contributed by atoms with Gasteiger partial charge in [0.1, 0.15) is 11.5 Å². The highest BCUT2D eigenvalue weighted by Crippen LogP contribution is 2.18. The van der Waals surface area contributed by atoms with E-state index in [-0.39, 0.29) is 19.6 Å². The molecule has 0 heterocycles. The molecule has 1 amide bonds. The quantitative estimate of drug-likeness (QED) is 0.623. The van der Waals surface area contributed by atoms with Crippen molar-refractivity contribution < 1.29 is 23.8 Å². The molecular weight excluding hydrogens is 402 g/mol. The zero-order chi connectivity index (χ0) is 18.8. The molecule has 6 nitrogen and oxygen atoms in total. The van der Waals surface area contributed by atoms with Gasteiger partial charge in [0.25, 0.3) is 5.91 Å². The van der Waals surface area contributed by atoms with E-state index in [4.69, 9.17) is 14.2 Å². The van der Waals surface area contributed by atoms with Gasteiger partial charge in [-0.3, -0.25) is 9.59 Å². The smallest absolute Gasteiger partial charge is 0.309 e. The molecule has 0 saturated heterocycles. The van der Waals surface area contributed by atoms with Gasteiger partial charge >= 0.3 is 5.97 Å². The van der Waals surface area contributed by atoms with E-state index in [1.54, 1.807) is 42.5 Å². The number of esters is 1. The normalized spacial score (nSPS) is 10.1. The van der Waals surface area contributed by atoms with Gasteiger partial charge in [-0.2, -0.15) is 0 Å². The van der Waals surface area contributed by atoms with Crippen LogP contribution in [0, 0.1) is 0 Å². The summed E-state index contributed by atoms with van der Waals surface area (Å²) in [5, 5.41) is 2.65. The molecule has 2 aromatic carbocycles. The highest BCUT2D eigenvalue weighted by Gasteiger charge is 2.08. The number of carbonyl (C=O) groups is 2. The molecule has 0 aliphatic rings. The first-order chi connectivity index (χ1) is 12.6. The van der Waals surface area contributed by atoms with Crippen molar-refractivity contribution in [1.82, 2.24) is 0 Å². The lowest BCUT2D eigenvalue weighted by atomic mass is 10.3. The lowest BCUT2D eigenvalue weighted by molar-refractivity contribution is -0.147. The van der Waals surface area contributed by atoms with Crippen molar-refractivity contribution in [3.8, 4) is 11.5 Å². The zero-order valence-electron chi connectivity index (χ0n) is 14.4. The van der Waals surface area contributed by atoms with E-state index in [2.05, 4.69) is 21.2 Å². The van der Waals surface area contributed by atoms with Gasteiger partial charge in [0, 0.05) is 10.2 Å². The minimum absolute atomic E-state index is 0.0530. The monoisotopic (exact) mass is 421 g/mol. The van der Waals surface area contributed by atoms with E-state index >= 15 is 0 Å². The number of nitrogens with one attached hydrogen (secondary N) is 1. The molecule has 0 aliphatic carbocycles. The van der Waals surface area contributed by atoms with E-state index in [1.807, 2.05) is 13.0 Å². The second-order valence-electron chi connectivity index (χ2n) is 5.22. The first-order valence-electron chi connectivity index (χ1n) is 8.13. The van der Waals surface area contributed by atoms with Crippen LogP contribution in [-0.4, -0.2) is 31.7 Å². The Morgan fingerprint density at radius 1 is 1.04 bits per heavy atom. The molecule has 7 heteroatoms. The number of hydrogen-bond acceptors (Lipinski definition) is 5. The fraction of sp³-hybridized carbons (Fsp3) is 0.263. The third-order valence-corrected chi connectivity index (χ3v) is 3.68. The van der Waals surface area contributed by atoms with Crippen LogP contribution in [0.15, 0.2) is 53.0 Å². The van der Waals surface area contributed by atoms with Gasteiger partial charge in [0.05, 0.1) is 19.6 Å². The number of anilines is 1. The van der Waals surface area contributed by atoms with Gasteiger partial charge in [-0.15, -0.1) is 0 Å². The third-order valence-electron chi connectivity index (χ3n) is 3.18. The molecule has 0 fully saturated rings. The van der Waals surface area contributed by atoms with E-state index in [0.29, 0.717) is 18.0 Å². The molecular formula is C19H20BrNO5. The topological polar surface area (TPSA) is 73.9 Å². The Bertz CT molecular complexity index is 733. The van der Waals surface area contributed by atoms with Crippen molar-refractivity contribution in [2.45, 2.75) is 13.3 Å². The van der Waals surface area contributed by atoms with E-state index < -0.39 is 11.9 Å². The van der Waals surface area contributed by atoms with E-state index in [9.17, 15) is 9.59 Å². The standard InChI is InChI=1S/C19H20BrNO5/c1-2-24-16-6-8-17(9-7-16)25-11-10-19(23)26-13-18(22)21-15-5-3-4-14(20)12-15/h3-9,12H,2,10-11,13H2,1H3,(H,21,22). The number of ether oxygens (including phenoxy) is 3. The Morgan fingerprint density at radius 2 is 1.73 bits per heavy atom. The van der Waals surface area contributed by atoms with Crippen molar-refractivity contribution in [2.75, 3.05) is 25.1 Å². The van der Waals surface area contributed by atoms with Crippen LogP contribution in [-0.2, 0) is 14.3 Å². The van der Waals surface area contributed by atoms with Crippen LogP contribution < -0.4 is 14.8 Å². The fourth-order valence-electron chi connectivity index (χ4n) is 2.03. The second-order valence-corrected chi connectivity index (χ2v) is 6.14. The van der Waals surface area contributed by atoms with Crippen LogP contribution in [0.3, 0.4) is 0 Å². The zero-order valence-corrected chi connectivity index (χ0v) is 16.0. The molecule has 0 unspecified atom stereocenters. The maximum Gasteiger partial charge on any atom is 0.309 e. The second kappa shape index (κ2) is 10.5. The van der Waals surface area contributed by atoms with Crippen molar-refractivity contribution in [1.29, 1.82) is 0 Å². The molecule has 0 radical (unpaired) electrons. The lowest BCUT2D eigenvalue weighted by Gasteiger charge is -2.09. The Kier molecular flexibility index (Phi) is 7.95. The van der Waals surface area contributed by atoms with Gasteiger partial charge in [0.2, 0.25) is 0 Å². The Hall–Kier alpha value is -2.54. The molecule has 2 rings (SSSR count). The van der Waals surface area contributed by atoms with Crippen LogP contribution in [0.2, 0.25) is 0 Å². The Labute approximate surface area is 160 Å². The summed E-state index contributed by atoms with van der Waals surface area (Å²) < 4.78 is 16.6. The van der Waals surface area contributed by atoms with Crippen LogP contribution >= 0.6 is 15.9 Å². The van der Waals surface area contributed by atoms with Crippen LogP contribution in [0.4, 0.5) is 5.69 Å². The first kappa shape index (κ1) is 19.8. The molecule has 0 aromatic heterocycles. The SMILES string of the molecule is CCOc1ccc(OCCC(=O)OCC(=O)Nc2cccc(Br)c2)cc1. The fourth-order valence-corrected chi connectivity index (χ4v) is 2.43. The summed E-state index contributed by atoms with van der Waals surface area (Å²) in [4.78, 5) is 23.4. The predicted molar refractivity (Wildman–Crippen MR) is 101 cm³/mol. The summed E-state index contributed by atoms with van der Waals surface area (Å²) in [6.45, 7) is 2.34. The minimum Gasteiger partial charge on any atom is -0.494 e. The summed E-state index contributed by atoms with van der Waals surface area (Å²) in [5.74, 6) is 0.494. The van der Waals surface area contributed by atoms with E-state index in [0.717, 1.165) is 10.2 Å². The number of rotatable bonds is 9. The molecule has 26 heavy (non-hydrogen) atoms. The molecule has 0 aliphatic heterocycles. The van der Waals surface area contributed by atoms with Crippen molar-refractivity contribution in [2.24, 2.45) is 0 Å². The minimum atomic E-state index is -0.500. The maximum atomic E-state index is 11.8. The van der Waals surface area contributed by atoms with Gasteiger partial charge in [-0.25, -0.2) is 0 Å². The Morgan fingerprint density at radius 3 is 2.38 bits per heavy atom. The lowest BCUT2D eigenvalue weighted by Crippen LogP contribution is -2.21. The summed E-state index contributed by atoms with van der Waals surface area (Å²) in [5.41, 5.74) is 0.624. The largest absolute Gasteiger partial charge is 0.494 e. The van der Waals surface area contributed by atoms with Gasteiger partial charge in [-0.1, -0.05) is 22.0 Å². The number of amides is 1. The Balaban J connectivity index is 1.64.